The molecule has 3 aromatic rings. The van der Waals surface area contributed by atoms with Gasteiger partial charge in [-0.15, -0.1) is 10.2 Å². The van der Waals surface area contributed by atoms with Crippen molar-refractivity contribution in [2.45, 2.75) is 32.5 Å². The fourth-order valence-electron chi connectivity index (χ4n) is 2.85. The molecule has 0 radical (unpaired) electrons. The van der Waals surface area contributed by atoms with Gasteiger partial charge in [0.05, 0.1) is 13.2 Å². The van der Waals surface area contributed by atoms with Crippen molar-refractivity contribution in [1.82, 2.24) is 25.1 Å². The van der Waals surface area contributed by atoms with Crippen molar-refractivity contribution in [3.63, 3.8) is 0 Å². The standard InChI is InChI=1S/C18H19FN6OS/c1-11-24-25-18(27-11)9-21-15-7-17(23-16(8-19)22-15)26-10-12-6-13(12)14-4-2-3-5-20-14/h2-5,7,12-13H,6,8-10H2,1H3,(H,21,22,23). The van der Waals surface area contributed by atoms with Crippen LogP contribution in [-0.2, 0) is 13.2 Å². The quantitative estimate of drug-likeness (QED) is 0.636. The Morgan fingerprint density at radius 2 is 2.22 bits per heavy atom. The molecule has 1 aliphatic rings. The number of rotatable bonds is 8. The van der Waals surface area contributed by atoms with Gasteiger partial charge < -0.3 is 10.1 Å². The van der Waals surface area contributed by atoms with Crippen LogP contribution in [0.15, 0.2) is 30.5 Å². The number of ether oxygens (including phenoxy) is 1. The Balaban J connectivity index is 1.36. The van der Waals surface area contributed by atoms with Crippen molar-refractivity contribution >= 4 is 17.2 Å². The largest absolute Gasteiger partial charge is 0.477 e. The Labute approximate surface area is 160 Å². The second-order valence-corrected chi connectivity index (χ2v) is 7.64. The molecular formula is C18H19FN6OS. The Morgan fingerprint density at radius 3 is 2.96 bits per heavy atom. The van der Waals surface area contributed by atoms with Crippen molar-refractivity contribution in [3.05, 3.63) is 52.0 Å². The van der Waals surface area contributed by atoms with E-state index in [2.05, 4.69) is 30.5 Å². The molecule has 1 N–H and O–H groups in total. The summed E-state index contributed by atoms with van der Waals surface area (Å²) in [5, 5.41) is 12.9. The van der Waals surface area contributed by atoms with E-state index in [-0.39, 0.29) is 5.82 Å². The molecule has 4 rings (SSSR count). The molecule has 1 saturated carbocycles. The van der Waals surface area contributed by atoms with E-state index >= 15 is 0 Å². The predicted octanol–water partition coefficient (Wildman–Crippen LogP) is 3.30. The molecule has 0 aliphatic heterocycles. The van der Waals surface area contributed by atoms with Crippen LogP contribution < -0.4 is 10.1 Å². The van der Waals surface area contributed by atoms with Crippen molar-refractivity contribution in [1.29, 1.82) is 0 Å². The molecule has 2 unspecified atom stereocenters. The molecule has 140 valence electrons. The normalized spacial score (nSPS) is 18.3. The average molecular weight is 386 g/mol. The molecule has 0 amide bonds. The Morgan fingerprint density at radius 1 is 1.30 bits per heavy atom. The number of alkyl halides is 1. The fourth-order valence-corrected chi connectivity index (χ4v) is 3.50. The highest BCUT2D eigenvalue weighted by Gasteiger charge is 2.39. The van der Waals surface area contributed by atoms with E-state index in [0.717, 1.165) is 22.1 Å². The Bertz CT molecular complexity index is 906. The number of halogens is 1. The van der Waals surface area contributed by atoms with Gasteiger partial charge in [-0.05, 0) is 25.5 Å². The van der Waals surface area contributed by atoms with Gasteiger partial charge in [0, 0.05) is 29.8 Å². The van der Waals surface area contributed by atoms with Gasteiger partial charge in [-0.2, -0.15) is 4.98 Å². The molecule has 1 fully saturated rings. The number of pyridine rings is 1. The number of nitrogens with zero attached hydrogens (tertiary/aromatic N) is 5. The summed E-state index contributed by atoms with van der Waals surface area (Å²) >= 11 is 1.50. The van der Waals surface area contributed by atoms with E-state index in [4.69, 9.17) is 4.74 Å². The molecule has 0 saturated heterocycles. The predicted molar refractivity (Wildman–Crippen MR) is 99.4 cm³/mol. The highest BCUT2D eigenvalue weighted by Crippen LogP contribution is 2.46. The molecule has 7 nitrogen and oxygen atoms in total. The van der Waals surface area contributed by atoms with Crippen LogP contribution >= 0.6 is 11.3 Å². The zero-order valence-electron chi connectivity index (χ0n) is 14.8. The molecule has 3 aromatic heterocycles. The maximum absolute atomic E-state index is 13.1. The summed E-state index contributed by atoms with van der Waals surface area (Å²) in [6.07, 6.45) is 2.85. The molecule has 2 atom stereocenters. The minimum Gasteiger partial charge on any atom is -0.477 e. The maximum atomic E-state index is 13.1. The number of anilines is 1. The Kier molecular flexibility index (Phi) is 5.19. The van der Waals surface area contributed by atoms with Crippen molar-refractivity contribution < 1.29 is 9.13 Å². The van der Waals surface area contributed by atoms with Crippen molar-refractivity contribution in [2.75, 3.05) is 11.9 Å². The van der Waals surface area contributed by atoms with E-state index in [1.165, 1.54) is 11.3 Å². The van der Waals surface area contributed by atoms with Crippen LogP contribution in [0.4, 0.5) is 10.2 Å². The minimum atomic E-state index is -0.746. The van der Waals surface area contributed by atoms with Crippen LogP contribution in [-0.4, -0.2) is 31.8 Å². The number of hydrogen-bond acceptors (Lipinski definition) is 8. The zero-order chi connectivity index (χ0) is 18.6. The molecule has 0 bridgehead atoms. The molecule has 9 heteroatoms. The molecule has 0 spiro atoms. The lowest BCUT2D eigenvalue weighted by Crippen LogP contribution is -2.08. The topological polar surface area (TPSA) is 85.7 Å². The molecule has 3 heterocycles. The van der Waals surface area contributed by atoms with Gasteiger partial charge in [0.25, 0.3) is 0 Å². The number of aromatic nitrogens is 5. The van der Waals surface area contributed by atoms with E-state index in [1.807, 2.05) is 25.1 Å². The first kappa shape index (κ1) is 17.7. The van der Waals surface area contributed by atoms with E-state index in [0.29, 0.717) is 36.7 Å². The van der Waals surface area contributed by atoms with Crippen molar-refractivity contribution in [2.24, 2.45) is 5.92 Å². The highest BCUT2D eigenvalue weighted by atomic mass is 32.1. The van der Waals surface area contributed by atoms with Crippen LogP contribution in [0.1, 0.15) is 33.9 Å². The minimum absolute atomic E-state index is 0.0977. The lowest BCUT2D eigenvalue weighted by atomic mass is 10.2. The van der Waals surface area contributed by atoms with Crippen LogP contribution in [0.3, 0.4) is 0 Å². The highest BCUT2D eigenvalue weighted by molar-refractivity contribution is 7.11. The SMILES string of the molecule is Cc1nnc(CNc2cc(OCC3CC3c3ccccn3)nc(CF)n2)s1. The fraction of sp³-hybridized carbons (Fsp3) is 0.389. The second-order valence-electron chi connectivity index (χ2n) is 6.38. The average Bonchev–Trinajstić information content (AvgIpc) is 3.37. The van der Waals surface area contributed by atoms with Gasteiger partial charge in [-0.3, -0.25) is 4.98 Å². The van der Waals surface area contributed by atoms with Gasteiger partial charge >= 0.3 is 0 Å². The summed E-state index contributed by atoms with van der Waals surface area (Å²) in [5.74, 6) is 1.81. The van der Waals surface area contributed by atoms with E-state index < -0.39 is 6.67 Å². The van der Waals surface area contributed by atoms with Gasteiger partial charge in [0.15, 0.2) is 5.82 Å². The van der Waals surface area contributed by atoms with Gasteiger partial charge in [0.1, 0.15) is 22.5 Å². The first-order chi connectivity index (χ1) is 13.2. The molecular weight excluding hydrogens is 367 g/mol. The molecule has 27 heavy (non-hydrogen) atoms. The van der Waals surface area contributed by atoms with Gasteiger partial charge in [0.2, 0.25) is 5.88 Å². The number of hydrogen-bond donors (Lipinski definition) is 1. The zero-order valence-corrected chi connectivity index (χ0v) is 15.6. The first-order valence-corrected chi connectivity index (χ1v) is 9.53. The van der Waals surface area contributed by atoms with Crippen LogP contribution in [0, 0.1) is 12.8 Å². The van der Waals surface area contributed by atoms with Crippen molar-refractivity contribution in [3.8, 4) is 5.88 Å². The summed E-state index contributed by atoms with van der Waals surface area (Å²) in [5.41, 5.74) is 1.09. The third kappa shape index (κ3) is 4.54. The monoisotopic (exact) mass is 386 g/mol. The molecule has 0 aromatic carbocycles. The summed E-state index contributed by atoms with van der Waals surface area (Å²) in [6.45, 7) is 2.15. The first-order valence-electron chi connectivity index (χ1n) is 8.72. The van der Waals surface area contributed by atoms with E-state index in [9.17, 15) is 4.39 Å². The number of nitrogens with one attached hydrogen (secondary N) is 1. The second kappa shape index (κ2) is 7.91. The smallest absolute Gasteiger partial charge is 0.218 e. The van der Waals surface area contributed by atoms with Gasteiger partial charge in [-0.1, -0.05) is 17.4 Å². The Hall–Kier alpha value is -2.68. The number of aryl methyl sites for hydroxylation is 1. The summed E-state index contributed by atoms with van der Waals surface area (Å²) in [4.78, 5) is 12.7. The third-order valence-electron chi connectivity index (χ3n) is 4.29. The van der Waals surface area contributed by atoms with Crippen LogP contribution in [0.5, 0.6) is 5.88 Å². The van der Waals surface area contributed by atoms with Crippen LogP contribution in [0.2, 0.25) is 0 Å². The lowest BCUT2D eigenvalue weighted by Gasteiger charge is -2.09. The maximum Gasteiger partial charge on any atom is 0.218 e. The van der Waals surface area contributed by atoms with Gasteiger partial charge in [-0.25, -0.2) is 9.37 Å². The third-order valence-corrected chi connectivity index (χ3v) is 5.13. The van der Waals surface area contributed by atoms with E-state index in [1.54, 1.807) is 12.3 Å². The molecule has 1 aliphatic carbocycles. The van der Waals surface area contributed by atoms with Crippen LogP contribution in [0.25, 0.3) is 0 Å². The lowest BCUT2D eigenvalue weighted by molar-refractivity contribution is 0.282. The summed E-state index contributed by atoms with van der Waals surface area (Å²) in [6, 6.07) is 7.63. The summed E-state index contributed by atoms with van der Waals surface area (Å²) in [7, 11) is 0. The summed E-state index contributed by atoms with van der Waals surface area (Å²) < 4.78 is 18.9.